The lowest BCUT2D eigenvalue weighted by Gasteiger charge is -2.26. The van der Waals surface area contributed by atoms with Gasteiger partial charge in [0.2, 0.25) is 5.89 Å². The van der Waals surface area contributed by atoms with Crippen molar-refractivity contribution in [2.24, 2.45) is 5.92 Å². The van der Waals surface area contributed by atoms with E-state index in [0.717, 1.165) is 29.3 Å². The minimum Gasteiger partial charge on any atom is -0.338 e. The second-order valence-corrected chi connectivity index (χ2v) is 7.11. The first-order valence-corrected chi connectivity index (χ1v) is 8.55. The molecule has 2 fully saturated rings. The number of aromatic nitrogens is 2. The molecule has 0 radical (unpaired) electrons. The summed E-state index contributed by atoms with van der Waals surface area (Å²) in [5, 5.41) is 8.45. The first kappa shape index (κ1) is 13.4. The van der Waals surface area contributed by atoms with E-state index in [1.165, 1.54) is 38.5 Å². The molecule has 2 aliphatic rings. The topological polar surface area (TPSA) is 51.0 Å². The summed E-state index contributed by atoms with van der Waals surface area (Å²) in [6, 6.07) is 0.256. The summed E-state index contributed by atoms with van der Waals surface area (Å²) in [5.41, 5.74) is 0. The number of nitrogens with one attached hydrogen (secondary N) is 1. The van der Waals surface area contributed by atoms with E-state index in [4.69, 9.17) is 4.52 Å². The van der Waals surface area contributed by atoms with Crippen molar-refractivity contribution in [2.45, 2.75) is 62.5 Å². The van der Waals surface area contributed by atoms with Gasteiger partial charge >= 0.3 is 0 Å². The van der Waals surface area contributed by atoms with Crippen molar-refractivity contribution >= 4 is 11.8 Å². The fourth-order valence-corrected chi connectivity index (χ4v) is 4.25. The molecule has 1 aromatic rings. The van der Waals surface area contributed by atoms with Crippen LogP contribution < -0.4 is 5.32 Å². The van der Waals surface area contributed by atoms with Crippen LogP contribution in [0.1, 0.15) is 63.2 Å². The average molecular weight is 281 g/mol. The Morgan fingerprint density at radius 1 is 1.26 bits per heavy atom. The van der Waals surface area contributed by atoms with Crippen LogP contribution in [0, 0.1) is 5.92 Å². The molecule has 2 unspecified atom stereocenters. The standard InChI is InChI=1S/C14H23N3OS/c1-10-5-4-8-15-13(10)14-16-12(17-18-14)9-19-11-6-2-3-7-11/h10-11,13,15H,2-9H2,1H3. The highest BCUT2D eigenvalue weighted by atomic mass is 32.2. The molecule has 106 valence electrons. The molecular weight excluding hydrogens is 258 g/mol. The fourth-order valence-electron chi connectivity index (χ4n) is 3.08. The SMILES string of the molecule is CC1CCCNC1c1nc(CSC2CCCC2)no1. The van der Waals surface area contributed by atoms with E-state index in [9.17, 15) is 0 Å². The summed E-state index contributed by atoms with van der Waals surface area (Å²) >= 11 is 1.99. The second-order valence-electron chi connectivity index (χ2n) is 5.82. The van der Waals surface area contributed by atoms with E-state index in [-0.39, 0.29) is 6.04 Å². The summed E-state index contributed by atoms with van der Waals surface area (Å²) in [4.78, 5) is 4.58. The Balaban J connectivity index is 1.56. The molecule has 19 heavy (non-hydrogen) atoms. The monoisotopic (exact) mass is 281 g/mol. The average Bonchev–Trinajstić information content (AvgIpc) is 3.08. The number of nitrogens with zero attached hydrogens (tertiary/aromatic N) is 2. The molecule has 1 saturated carbocycles. The molecule has 4 nitrogen and oxygen atoms in total. The Bertz CT molecular complexity index is 403. The van der Waals surface area contributed by atoms with Gasteiger partial charge in [0.1, 0.15) is 0 Å². The number of hydrogen-bond acceptors (Lipinski definition) is 5. The molecule has 1 N–H and O–H groups in total. The third-order valence-electron chi connectivity index (χ3n) is 4.27. The Labute approximate surface area is 119 Å². The maximum atomic E-state index is 5.45. The lowest BCUT2D eigenvalue weighted by Crippen LogP contribution is -2.33. The van der Waals surface area contributed by atoms with E-state index >= 15 is 0 Å². The molecule has 2 heterocycles. The second kappa shape index (κ2) is 6.27. The van der Waals surface area contributed by atoms with Crippen molar-refractivity contribution in [3.63, 3.8) is 0 Å². The van der Waals surface area contributed by atoms with Crippen molar-refractivity contribution in [1.29, 1.82) is 0 Å². The van der Waals surface area contributed by atoms with E-state index in [1.54, 1.807) is 0 Å². The number of thioether (sulfide) groups is 1. The van der Waals surface area contributed by atoms with Gasteiger partial charge in [0.05, 0.1) is 11.8 Å². The zero-order valence-corrected chi connectivity index (χ0v) is 12.4. The van der Waals surface area contributed by atoms with Gasteiger partial charge < -0.3 is 9.84 Å². The van der Waals surface area contributed by atoms with Crippen LogP contribution in [0.15, 0.2) is 4.52 Å². The lowest BCUT2D eigenvalue weighted by molar-refractivity contribution is 0.239. The van der Waals surface area contributed by atoms with Crippen LogP contribution in [-0.4, -0.2) is 21.9 Å². The zero-order chi connectivity index (χ0) is 13.1. The lowest BCUT2D eigenvalue weighted by atomic mass is 9.93. The van der Waals surface area contributed by atoms with Gasteiger partial charge in [0.15, 0.2) is 5.82 Å². The van der Waals surface area contributed by atoms with Crippen molar-refractivity contribution in [3.8, 4) is 0 Å². The van der Waals surface area contributed by atoms with Gasteiger partial charge in [0, 0.05) is 5.25 Å². The summed E-state index contributed by atoms with van der Waals surface area (Å²) in [6.45, 7) is 3.32. The Morgan fingerprint density at radius 3 is 2.89 bits per heavy atom. The van der Waals surface area contributed by atoms with Crippen molar-refractivity contribution in [2.75, 3.05) is 6.54 Å². The summed E-state index contributed by atoms with van der Waals surface area (Å²) in [6.07, 6.45) is 7.98. The predicted molar refractivity (Wildman–Crippen MR) is 77.0 cm³/mol. The molecule has 0 spiro atoms. The molecule has 5 heteroatoms. The van der Waals surface area contributed by atoms with Gasteiger partial charge in [-0.1, -0.05) is 24.9 Å². The fraction of sp³-hybridized carbons (Fsp3) is 0.857. The number of piperidine rings is 1. The highest BCUT2D eigenvalue weighted by Crippen LogP contribution is 2.32. The maximum Gasteiger partial charge on any atom is 0.244 e. The van der Waals surface area contributed by atoms with Crippen molar-refractivity contribution < 1.29 is 4.52 Å². The molecule has 0 amide bonds. The predicted octanol–water partition coefficient (Wildman–Crippen LogP) is 3.31. The molecule has 1 aliphatic heterocycles. The molecule has 3 rings (SSSR count). The Morgan fingerprint density at radius 2 is 2.11 bits per heavy atom. The zero-order valence-electron chi connectivity index (χ0n) is 11.6. The third kappa shape index (κ3) is 3.31. The molecule has 1 aromatic heterocycles. The van der Waals surface area contributed by atoms with Crippen LogP contribution in [0.2, 0.25) is 0 Å². The minimum absolute atomic E-state index is 0.256. The summed E-state index contributed by atoms with van der Waals surface area (Å²) in [5.74, 6) is 3.14. The van der Waals surface area contributed by atoms with Crippen LogP contribution >= 0.6 is 11.8 Å². The van der Waals surface area contributed by atoms with E-state index in [1.807, 2.05) is 11.8 Å². The maximum absolute atomic E-state index is 5.45. The molecule has 1 aliphatic carbocycles. The van der Waals surface area contributed by atoms with Crippen LogP contribution in [0.25, 0.3) is 0 Å². The van der Waals surface area contributed by atoms with Crippen LogP contribution in [0.5, 0.6) is 0 Å². The summed E-state index contributed by atoms with van der Waals surface area (Å²) in [7, 11) is 0. The highest BCUT2D eigenvalue weighted by Gasteiger charge is 2.27. The quantitative estimate of drug-likeness (QED) is 0.917. The largest absolute Gasteiger partial charge is 0.338 e. The smallest absolute Gasteiger partial charge is 0.244 e. The normalized spacial score (nSPS) is 28.9. The summed E-state index contributed by atoms with van der Waals surface area (Å²) < 4.78 is 5.45. The number of hydrogen-bond donors (Lipinski definition) is 1. The minimum atomic E-state index is 0.256. The van der Waals surface area contributed by atoms with E-state index < -0.39 is 0 Å². The van der Waals surface area contributed by atoms with Gasteiger partial charge in [-0.3, -0.25) is 0 Å². The van der Waals surface area contributed by atoms with E-state index in [2.05, 4.69) is 22.4 Å². The molecule has 0 bridgehead atoms. The van der Waals surface area contributed by atoms with Crippen molar-refractivity contribution in [3.05, 3.63) is 11.7 Å². The van der Waals surface area contributed by atoms with Gasteiger partial charge in [-0.15, -0.1) is 0 Å². The molecule has 1 saturated heterocycles. The number of rotatable bonds is 4. The van der Waals surface area contributed by atoms with Crippen LogP contribution in [0.3, 0.4) is 0 Å². The van der Waals surface area contributed by atoms with Gasteiger partial charge in [0.25, 0.3) is 0 Å². The highest BCUT2D eigenvalue weighted by molar-refractivity contribution is 7.99. The third-order valence-corrected chi connectivity index (χ3v) is 5.64. The Kier molecular flexibility index (Phi) is 4.43. The van der Waals surface area contributed by atoms with E-state index in [0.29, 0.717) is 5.92 Å². The Hall–Kier alpha value is -0.550. The van der Waals surface area contributed by atoms with Crippen molar-refractivity contribution in [1.82, 2.24) is 15.5 Å². The van der Waals surface area contributed by atoms with Crippen LogP contribution in [0.4, 0.5) is 0 Å². The first-order valence-electron chi connectivity index (χ1n) is 7.50. The van der Waals surface area contributed by atoms with Gasteiger partial charge in [-0.2, -0.15) is 16.7 Å². The first-order chi connectivity index (χ1) is 9.33. The molecule has 2 atom stereocenters. The molecular formula is C14H23N3OS. The van der Waals surface area contributed by atoms with Gasteiger partial charge in [-0.05, 0) is 38.1 Å². The molecule has 0 aromatic carbocycles. The van der Waals surface area contributed by atoms with Crippen LogP contribution in [-0.2, 0) is 5.75 Å². The van der Waals surface area contributed by atoms with Gasteiger partial charge in [-0.25, -0.2) is 0 Å².